The molecule has 25 heavy (non-hydrogen) atoms. The number of hydrogen-bond acceptors (Lipinski definition) is 3. The number of rotatable bonds is 8. The molecule has 2 heterocycles. The molecule has 6 nitrogen and oxygen atoms in total. The molecular weight excluding hydrogens is 314 g/mol. The Hall–Kier alpha value is -1.85. The van der Waals surface area contributed by atoms with Crippen LogP contribution in [-0.4, -0.2) is 44.9 Å². The van der Waals surface area contributed by atoms with Gasteiger partial charge in [0.05, 0.1) is 18.4 Å². The van der Waals surface area contributed by atoms with Crippen LogP contribution in [0.15, 0.2) is 23.7 Å². The summed E-state index contributed by atoms with van der Waals surface area (Å²) >= 11 is 0. The number of urea groups is 1. The second-order valence-corrected chi connectivity index (χ2v) is 7.24. The summed E-state index contributed by atoms with van der Waals surface area (Å²) in [6.45, 7) is 3.85. The van der Waals surface area contributed by atoms with Gasteiger partial charge in [-0.15, -0.1) is 0 Å². The predicted octanol–water partition coefficient (Wildman–Crippen LogP) is 3.59. The number of nitrogens with one attached hydrogen (secondary N) is 1. The van der Waals surface area contributed by atoms with Crippen LogP contribution in [0.2, 0.25) is 0 Å². The maximum atomic E-state index is 12.5. The molecule has 1 aliphatic heterocycles. The number of nitrogens with zero attached hydrogens (tertiary/aromatic N) is 4. The molecule has 1 saturated carbocycles. The maximum absolute atomic E-state index is 12.5. The molecule has 1 atom stereocenters. The number of carbonyl (C=O) groups is 1. The highest BCUT2D eigenvalue weighted by molar-refractivity contribution is 6.07. The molecule has 138 valence electrons. The van der Waals surface area contributed by atoms with Gasteiger partial charge >= 0.3 is 6.03 Å². The van der Waals surface area contributed by atoms with Crippen LogP contribution in [0, 0.1) is 0 Å². The van der Waals surface area contributed by atoms with E-state index in [4.69, 9.17) is 4.99 Å². The largest absolute Gasteiger partial charge is 0.337 e. The molecule has 1 aromatic rings. The number of amidine groups is 1. The van der Waals surface area contributed by atoms with Crippen LogP contribution in [0.25, 0.3) is 0 Å². The highest BCUT2D eigenvalue weighted by Gasteiger charge is 2.36. The lowest BCUT2D eigenvalue weighted by molar-refractivity contribution is 0.201. The minimum Gasteiger partial charge on any atom is -0.337 e. The van der Waals surface area contributed by atoms with E-state index < -0.39 is 0 Å². The number of aliphatic imine (C=N–C) groups is 1. The zero-order chi connectivity index (χ0) is 17.5. The van der Waals surface area contributed by atoms with Crippen molar-refractivity contribution in [3.05, 3.63) is 18.7 Å². The summed E-state index contributed by atoms with van der Waals surface area (Å²) in [4.78, 5) is 23.5. The molecule has 1 saturated heterocycles. The SMILES string of the molecule is CCCCC1/C(=N\C2CCCCC2)NC(=O)N1CCCn1ccnc1. The number of amides is 2. The molecule has 0 aromatic carbocycles. The Morgan fingerprint density at radius 3 is 2.80 bits per heavy atom. The molecule has 0 radical (unpaired) electrons. The minimum absolute atomic E-state index is 0.0290. The van der Waals surface area contributed by atoms with E-state index in [0.29, 0.717) is 6.04 Å². The van der Waals surface area contributed by atoms with Crippen molar-refractivity contribution in [1.82, 2.24) is 19.8 Å². The Morgan fingerprint density at radius 2 is 2.08 bits per heavy atom. The molecule has 2 fully saturated rings. The fourth-order valence-electron chi connectivity index (χ4n) is 3.87. The Balaban J connectivity index is 1.62. The molecule has 0 spiro atoms. The fourth-order valence-corrected chi connectivity index (χ4v) is 3.87. The first-order chi connectivity index (χ1) is 12.3. The van der Waals surface area contributed by atoms with Crippen molar-refractivity contribution in [3.63, 3.8) is 0 Å². The summed E-state index contributed by atoms with van der Waals surface area (Å²) in [6, 6.07) is 0.567. The van der Waals surface area contributed by atoms with Crippen molar-refractivity contribution in [2.24, 2.45) is 4.99 Å². The fraction of sp³-hybridized carbons (Fsp3) is 0.737. The van der Waals surface area contributed by atoms with E-state index in [2.05, 4.69) is 21.8 Å². The first kappa shape index (κ1) is 18.0. The summed E-state index contributed by atoms with van der Waals surface area (Å²) in [5, 5.41) is 3.07. The van der Waals surface area contributed by atoms with Gasteiger partial charge in [-0.25, -0.2) is 9.78 Å². The Labute approximate surface area is 150 Å². The van der Waals surface area contributed by atoms with Crippen molar-refractivity contribution < 1.29 is 4.79 Å². The van der Waals surface area contributed by atoms with Crippen LogP contribution in [0.1, 0.15) is 64.7 Å². The first-order valence-corrected chi connectivity index (χ1v) is 9.89. The quantitative estimate of drug-likeness (QED) is 0.782. The molecule has 6 heteroatoms. The summed E-state index contributed by atoms with van der Waals surface area (Å²) in [5.41, 5.74) is 0. The lowest BCUT2D eigenvalue weighted by Gasteiger charge is -2.24. The molecular formula is C19H31N5O. The zero-order valence-corrected chi connectivity index (χ0v) is 15.4. The second-order valence-electron chi connectivity index (χ2n) is 7.24. The standard InChI is InChI=1S/C19H31N5O/c1-2-3-10-17-18(21-16-8-5-4-6-9-16)22-19(25)24(17)13-7-12-23-14-11-20-15-23/h11,14-17H,2-10,12-13H2,1H3,(H,21,22,25). The number of carbonyl (C=O) groups excluding carboxylic acids is 1. The molecule has 1 aromatic heterocycles. The summed E-state index contributed by atoms with van der Waals surface area (Å²) in [6.07, 6.45) is 16.0. The highest BCUT2D eigenvalue weighted by atomic mass is 16.2. The highest BCUT2D eigenvalue weighted by Crippen LogP contribution is 2.23. The normalized spacial score (nSPS) is 23.4. The van der Waals surface area contributed by atoms with E-state index in [9.17, 15) is 4.79 Å². The maximum Gasteiger partial charge on any atom is 0.323 e. The number of aryl methyl sites for hydroxylation is 1. The van der Waals surface area contributed by atoms with E-state index in [1.165, 1.54) is 32.1 Å². The first-order valence-electron chi connectivity index (χ1n) is 9.89. The molecule has 1 aliphatic carbocycles. The third-order valence-electron chi connectivity index (χ3n) is 5.29. The van der Waals surface area contributed by atoms with Crippen molar-refractivity contribution in [2.45, 2.75) is 83.3 Å². The zero-order valence-electron chi connectivity index (χ0n) is 15.4. The van der Waals surface area contributed by atoms with Crippen molar-refractivity contribution in [1.29, 1.82) is 0 Å². The van der Waals surface area contributed by atoms with Crippen LogP contribution in [-0.2, 0) is 6.54 Å². The topological polar surface area (TPSA) is 62.5 Å². The van der Waals surface area contributed by atoms with Gasteiger partial charge in [-0.2, -0.15) is 0 Å². The molecule has 3 rings (SSSR count). The van der Waals surface area contributed by atoms with Crippen LogP contribution in [0.5, 0.6) is 0 Å². The van der Waals surface area contributed by atoms with Crippen LogP contribution in [0.3, 0.4) is 0 Å². The minimum atomic E-state index is 0.0290. The smallest absolute Gasteiger partial charge is 0.323 e. The summed E-state index contributed by atoms with van der Waals surface area (Å²) in [7, 11) is 0. The van der Waals surface area contributed by atoms with Gasteiger partial charge in [-0.3, -0.25) is 10.3 Å². The molecule has 1 unspecified atom stereocenters. The van der Waals surface area contributed by atoms with Gasteiger partial charge < -0.3 is 9.47 Å². The predicted molar refractivity (Wildman–Crippen MR) is 99.7 cm³/mol. The lowest BCUT2D eigenvalue weighted by atomic mass is 9.96. The van der Waals surface area contributed by atoms with E-state index in [-0.39, 0.29) is 12.1 Å². The van der Waals surface area contributed by atoms with E-state index in [1.54, 1.807) is 6.20 Å². The van der Waals surface area contributed by atoms with Gasteiger partial charge in [-0.1, -0.05) is 39.0 Å². The number of aromatic nitrogens is 2. The summed E-state index contributed by atoms with van der Waals surface area (Å²) in [5.74, 6) is 0.924. The van der Waals surface area contributed by atoms with Gasteiger partial charge in [0.2, 0.25) is 0 Å². The molecule has 2 aliphatic rings. The van der Waals surface area contributed by atoms with Crippen LogP contribution < -0.4 is 5.32 Å². The van der Waals surface area contributed by atoms with E-state index in [0.717, 1.165) is 44.6 Å². The Morgan fingerprint density at radius 1 is 1.24 bits per heavy atom. The Bertz CT molecular complexity index is 562. The molecule has 2 amide bonds. The van der Waals surface area contributed by atoms with Crippen molar-refractivity contribution in [2.75, 3.05) is 6.54 Å². The van der Waals surface area contributed by atoms with E-state index >= 15 is 0 Å². The second kappa shape index (κ2) is 9.02. The average Bonchev–Trinajstić information content (AvgIpc) is 3.23. The van der Waals surface area contributed by atoms with Crippen molar-refractivity contribution >= 4 is 11.9 Å². The van der Waals surface area contributed by atoms with E-state index in [1.807, 2.05) is 17.4 Å². The van der Waals surface area contributed by atoms with Crippen LogP contribution >= 0.6 is 0 Å². The third-order valence-corrected chi connectivity index (χ3v) is 5.29. The lowest BCUT2D eigenvalue weighted by Crippen LogP contribution is -2.36. The van der Waals surface area contributed by atoms with Crippen molar-refractivity contribution in [3.8, 4) is 0 Å². The monoisotopic (exact) mass is 345 g/mol. The third kappa shape index (κ3) is 4.83. The van der Waals surface area contributed by atoms with Gasteiger partial charge in [0.25, 0.3) is 0 Å². The number of imidazole rings is 1. The molecule has 1 N–H and O–H groups in total. The van der Waals surface area contributed by atoms with Gasteiger partial charge in [-0.05, 0) is 25.7 Å². The Kier molecular flexibility index (Phi) is 6.48. The number of unbranched alkanes of at least 4 members (excludes halogenated alkanes) is 1. The van der Waals surface area contributed by atoms with Gasteiger partial charge in [0.15, 0.2) is 0 Å². The number of hydrogen-bond donors (Lipinski definition) is 1. The summed E-state index contributed by atoms with van der Waals surface area (Å²) < 4.78 is 2.06. The van der Waals surface area contributed by atoms with Gasteiger partial charge in [0.1, 0.15) is 5.84 Å². The van der Waals surface area contributed by atoms with Gasteiger partial charge in [0, 0.05) is 25.5 Å². The van der Waals surface area contributed by atoms with Crippen LogP contribution in [0.4, 0.5) is 4.79 Å². The average molecular weight is 345 g/mol. The molecule has 0 bridgehead atoms.